The number of rotatable bonds is 3. The number of hydrogen-bond donors (Lipinski definition) is 1. The van der Waals surface area contributed by atoms with Gasteiger partial charge in [0.2, 0.25) is 0 Å². The summed E-state index contributed by atoms with van der Waals surface area (Å²) in [5, 5.41) is 8.53. The second-order valence-corrected chi connectivity index (χ2v) is 5.52. The Balaban J connectivity index is 1.79. The first-order valence-electron chi connectivity index (χ1n) is 6.92. The lowest BCUT2D eigenvalue weighted by Crippen LogP contribution is -2.30. The van der Waals surface area contributed by atoms with E-state index in [1.54, 1.807) is 6.20 Å². The first-order chi connectivity index (χ1) is 9.74. The molecule has 4 nitrogen and oxygen atoms in total. The van der Waals surface area contributed by atoms with Crippen LogP contribution in [0.3, 0.4) is 0 Å². The topological polar surface area (TPSA) is 39.1 Å². The molecule has 1 aliphatic rings. The van der Waals surface area contributed by atoms with Crippen LogP contribution in [0.1, 0.15) is 24.6 Å². The third-order valence-electron chi connectivity index (χ3n) is 3.68. The number of piperidine rings is 1. The Hall–Kier alpha value is -1.52. The van der Waals surface area contributed by atoms with E-state index in [0.29, 0.717) is 11.1 Å². The first-order valence-corrected chi connectivity index (χ1v) is 7.30. The Morgan fingerprint density at radius 3 is 2.90 bits per heavy atom. The zero-order chi connectivity index (χ0) is 13.9. The quantitative estimate of drug-likeness (QED) is 0.940. The van der Waals surface area contributed by atoms with Gasteiger partial charge in [-0.3, -0.25) is 4.68 Å². The van der Waals surface area contributed by atoms with Gasteiger partial charge in [0.15, 0.2) is 5.75 Å². The fraction of sp³-hybridized carbons (Fsp3) is 0.400. The van der Waals surface area contributed by atoms with Crippen molar-refractivity contribution in [2.24, 2.45) is 0 Å². The van der Waals surface area contributed by atoms with Gasteiger partial charge in [-0.2, -0.15) is 5.10 Å². The van der Waals surface area contributed by atoms with Gasteiger partial charge in [-0.1, -0.05) is 17.7 Å². The van der Waals surface area contributed by atoms with E-state index in [-0.39, 0.29) is 0 Å². The summed E-state index contributed by atoms with van der Waals surface area (Å²) in [6.45, 7) is 4.15. The average molecular weight is 292 g/mol. The predicted molar refractivity (Wildman–Crippen MR) is 79.6 cm³/mol. The minimum absolute atomic E-state index is 0.466. The van der Waals surface area contributed by atoms with Gasteiger partial charge in [-0.15, -0.1) is 0 Å². The van der Waals surface area contributed by atoms with Crippen molar-refractivity contribution < 1.29 is 4.74 Å². The van der Waals surface area contributed by atoms with Crippen molar-refractivity contribution >= 4 is 11.6 Å². The highest BCUT2D eigenvalue weighted by molar-refractivity contribution is 6.30. The summed E-state index contributed by atoms with van der Waals surface area (Å²) in [7, 11) is 0. The normalized spacial score (nSPS) is 16.3. The fourth-order valence-corrected chi connectivity index (χ4v) is 2.76. The lowest BCUT2D eigenvalue weighted by atomic mass is 10.1. The number of ether oxygens (including phenoxy) is 1. The van der Waals surface area contributed by atoms with E-state index < -0.39 is 0 Å². The maximum atomic E-state index is 5.97. The van der Waals surface area contributed by atoms with Gasteiger partial charge in [0.1, 0.15) is 5.75 Å². The first kappa shape index (κ1) is 13.5. The van der Waals surface area contributed by atoms with E-state index in [1.807, 2.05) is 24.3 Å². The van der Waals surface area contributed by atoms with Crippen molar-refractivity contribution in [3.63, 3.8) is 0 Å². The highest BCUT2D eigenvalue weighted by Crippen LogP contribution is 2.29. The molecule has 0 bridgehead atoms. The maximum Gasteiger partial charge on any atom is 0.168 e. The van der Waals surface area contributed by atoms with Crippen LogP contribution in [-0.4, -0.2) is 22.9 Å². The minimum atomic E-state index is 0.466. The number of nitrogens with zero attached hydrogens (tertiary/aromatic N) is 2. The van der Waals surface area contributed by atoms with E-state index in [0.717, 1.165) is 43.1 Å². The summed E-state index contributed by atoms with van der Waals surface area (Å²) in [4.78, 5) is 0. The van der Waals surface area contributed by atoms with E-state index in [9.17, 15) is 0 Å². The van der Waals surface area contributed by atoms with Gasteiger partial charge in [0.05, 0.1) is 17.9 Å². The standard InChI is InChI=1S/C15H18ClN3O/c1-11-15(20-14-4-2-3-12(16)9-14)10-18-19(11)13-5-7-17-8-6-13/h2-4,9-10,13,17H,5-8H2,1H3. The summed E-state index contributed by atoms with van der Waals surface area (Å²) in [6.07, 6.45) is 4.01. The Morgan fingerprint density at radius 1 is 1.35 bits per heavy atom. The summed E-state index contributed by atoms with van der Waals surface area (Å²) < 4.78 is 7.96. The largest absolute Gasteiger partial charge is 0.454 e. The van der Waals surface area contributed by atoms with Gasteiger partial charge < -0.3 is 10.1 Å². The molecular formula is C15H18ClN3O. The highest BCUT2D eigenvalue weighted by Gasteiger charge is 2.19. The highest BCUT2D eigenvalue weighted by atomic mass is 35.5. The van der Waals surface area contributed by atoms with Crippen molar-refractivity contribution in [2.45, 2.75) is 25.8 Å². The molecule has 1 saturated heterocycles. The van der Waals surface area contributed by atoms with Gasteiger partial charge in [-0.05, 0) is 51.1 Å². The lowest BCUT2D eigenvalue weighted by Gasteiger charge is -2.24. The molecule has 3 rings (SSSR count). The van der Waals surface area contributed by atoms with Crippen LogP contribution in [0.15, 0.2) is 30.5 Å². The molecule has 1 aliphatic heterocycles. The molecule has 106 valence electrons. The predicted octanol–water partition coefficient (Wildman–Crippen LogP) is 3.56. The summed E-state index contributed by atoms with van der Waals surface area (Å²) >= 11 is 5.97. The zero-order valence-electron chi connectivity index (χ0n) is 11.5. The lowest BCUT2D eigenvalue weighted by molar-refractivity contribution is 0.336. The average Bonchev–Trinajstić information content (AvgIpc) is 2.81. The van der Waals surface area contributed by atoms with Crippen LogP contribution in [-0.2, 0) is 0 Å². The van der Waals surface area contributed by atoms with Gasteiger partial charge in [0.25, 0.3) is 0 Å². The SMILES string of the molecule is Cc1c(Oc2cccc(Cl)c2)cnn1C1CCNCC1. The van der Waals surface area contributed by atoms with Crippen LogP contribution in [0, 0.1) is 6.92 Å². The zero-order valence-corrected chi connectivity index (χ0v) is 12.2. The number of aromatic nitrogens is 2. The van der Waals surface area contributed by atoms with Crippen LogP contribution < -0.4 is 10.1 Å². The summed E-state index contributed by atoms with van der Waals surface area (Å²) in [5.74, 6) is 1.54. The molecular weight excluding hydrogens is 274 g/mol. The molecule has 1 fully saturated rings. The molecule has 0 radical (unpaired) electrons. The van der Waals surface area contributed by atoms with E-state index in [4.69, 9.17) is 16.3 Å². The fourth-order valence-electron chi connectivity index (χ4n) is 2.58. The number of benzene rings is 1. The van der Waals surface area contributed by atoms with E-state index >= 15 is 0 Å². The second kappa shape index (κ2) is 5.85. The molecule has 0 spiro atoms. The Labute approximate surface area is 123 Å². The van der Waals surface area contributed by atoms with E-state index in [1.165, 1.54) is 0 Å². The Bertz CT molecular complexity index is 591. The maximum absolute atomic E-state index is 5.97. The third-order valence-corrected chi connectivity index (χ3v) is 3.91. The molecule has 0 saturated carbocycles. The van der Waals surface area contributed by atoms with Gasteiger partial charge in [-0.25, -0.2) is 0 Å². The van der Waals surface area contributed by atoms with Crippen molar-refractivity contribution in [1.29, 1.82) is 0 Å². The monoisotopic (exact) mass is 291 g/mol. The summed E-state index contributed by atoms with van der Waals surface area (Å²) in [6, 6.07) is 7.88. The molecule has 5 heteroatoms. The van der Waals surface area contributed by atoms with Crippen molar-refractivity contribution in [3.05, 3.63) is 41.2 Å². The van der Waals surface area contributed by atoms with Crippen LogP contribution >= 0.6 is 11.6 Å². The minimum Gasteiger partial charge on any atom is -0.454 e. The van der Waals surface area contributed by atoms with Gasteiger partial charge >= 0.3 is 0 Å². The molecule has 1 aromatic carbocycles. The van der Waals surface area contributed by atoms with Crippen LogP contribution in [0.25, 0.3) is 0 Å². The number of halogens is 1. The summed E-state index contributed by atoms with van der Waals surface area (Å²) in [5.41, 5.74) is 1.07. The molecule has 0 unspecified atom stereocenters. The van der Waals surface area contributed by atoms with Crippen LogP contribution in [0.5, 0.6) is 11.5 Å². The molecule has 0 atom stereocenters. The van der Waals surface area contributed by atoms with E-state index in [2.05, 4.69) is 22.0 Å². The Morgan fingerprint density at radius 2 is 2.15 bits per heavy atom. The molecule has 2 heterocycles. The number of hydrogen-bond acceptors (Lipinski definition) is 3. The van der Waals surface area contributed by atoms with Crippen molar-refractivity contribution in [3.8, 4) is 11.5 Å². The van der Waals surface area contributed by atoms with Crippen LogP contribution in [0.2, 0.25) is 5.02 Å². The molecule has 0 aliphatic carbocycles. The van der Waals surface area contributed by atoms with Crippen molar-refractivity contribution in [2.75, 3.05) is 13.1 Å². The smallest absolute Gasteiger partial charge is 0.168 e. The third kappa shape index (κ3) is 2.81. The molecule has 0 amide bonds. The van der Waals surface area contributed by atoms with Crippen LogP contribution in [0.4, 0.5) is 0 Å². The number of nitrogens with one attached hydrogen (secondary N) is 1. The van der Waals surface area contributed by atoms with Gasteiger partial charge in [0, 0.05) is 5.02 Å². The molecule has 1 aromatic heterocycles. The second-order valence-electron chi connectivity index (χ2n) is 5.08. The molecule has 2 aromatic rings. The molecule has 1 N–H and O–H groups in total. The molecule has 20 heavy (non-hydrogen) atoms. The Kier molecular flexibility index (Phi) is 3.94. The van der Waals surface area contributed by atoms with Crippen molar-refractivity contribution in [1.82, 2.24) is 15.1 Å².